The van der Waals surface area contributed by atoms with Crippen molar-refractivity contribution in [2.45, 2.75) is 39.1 Å². The molecule has 0 aromatic heterocycles. The molecule has 0 fully saturated rings. The van der Waals surface area contributed by atoms with E-state index in [1.807, 2.05) is 13.8 Å². The molecule has 0 radical (unpaired) electrons. The normalized spacial score (nSPS) is 11.3. The summed E-state index contributed by atoms with van der Waals surface area (Å²) in [6.07, 6.45) is -3.32. The highest BCUT2D eigenvalue weighted by molar-refractivity contribution is 5.91. The van der Waals surface area contributed by atoms with Gasteiger partial charge in [0.05, 0.1) is 5.69 Å². The summed E-state index contributed by atoms with van der Waals surface area (Å²) in [5.41, 5.74) is -0.0340. The molecule has 0 atom stereocenters. The Labute approximate surface area is 115 Å². The van der Waals surface area contributed by atoms with Crippen molar-refractivity contribution in [3.63, 3.8) is 0 Å². The number of alkyl halides is 3. The van der Waals surface area contributed by atoms with Crippen molar-refractivity contribution in [1.82, 2.24) is 5.32 Å². The molecule has 0 heterocycles. The molecule has 2 amide bonds. The molecule has 1 aromatic rings. The van der Waals surface area contributed by atoms with E-state index in [1.165, 1.54) is 18.2 Å². The van der Waals surface area contributed by atoms with Crippen molar-refractivity contribution in [1.29, 1.82) is 0 Å². The van der Waals surface area contributed by atoms with Gasteiger partial charge in [0.1, 0.15) is 0 Å². The number of halogens is 3. The smallest absolute Gasteiger partial charge is 0.404 e. The van der Waals surface area contributed by atoms with Crippen LogP contribution >= 0.6 is 0 Å². The number of para-hydroxylation sites is 2. The molecular weight excluding hydrogens is 273 g/mol. The molecular formula is C13H17F3N2O2. The topological polar surface area (TPSA) is 50.4 Å². The summed E-state index contributed by atoms with van der Waals surface area (Å²) >= 11 is 0. The van der Waals surface area contributed by atoms with E-state index in [9.17, 15) is 18.0 Å². The van der Waals surface area contributed by atoms with Crippen LogP contribution in [0.1, 0.15) is 26.7 Å². The third kappa shape index (κ3) is 5.38. The molecule has 1 rings (SSSR count). The van der Waals surface area contributed by atoms with Gasteiger partial charge in [-0.15, -0.1) is 13.2 Å². The summed E-state index contributed by atoms with van der Waals surface area (Å²) < 4.78 is 40.5. The highest BCUT2D eigenvalue weighted by Gasteiger charge is 2.32. The molecule has 4 nitrogen and oxygen atoms in total. The molecule has 0 spiro atoms. The van der Waals surface area contributed by atoms with Crippen molar-refractivity contribution in [3.05, 3.63) is 24.3 Å². The molecule has 0 unspecified atom stereocenters. The maximum absolute atomic E-state index is 12.2. The molecule has 0 bridgehead atoms. The summed E-state index contributed by atoms with van der Waals surface area (Å²) in [7, 11) is 0. The minimum atomic E-state index is -4.80. The zero-order valence-corrected chi connectivity index (χ0v) is 11.3. The van der Waals surface area contributed by atoms with Crippen LogP contribution in [0.15, 0.2) is 24.3 Å². The number of hydrogen-bond acceptors (Lipinski definition) is 2. The van der Waals surface area contributed by atoms with Gasteiger partial charge in [-0.1, -0.05) is 26.0 Å². The van der Waals surface area contributed by atoms with E-state index < -0.39 is 18.1 Å². The first-order valence-corrected chi connectivity index (χ1v) is 6.28. The molecule has 7 heteroatoms. The Morgan fingerprint density at radius 3 is 2.40 bits per heavy atom. The number of benzene rings is 1. The van der Waals surface area contributed by atoms with Crippen LogP contribution in [0.4, 0.5) is 23.7 Å². The molecule has 2 N–H and O–H groups in total. The lowest BCUT2D eigenvalue weighted by molar-refractivity contribution is -0.274. The van der Waals surface area contributed by atoms with Gasteiger partial charge < -0.3 is 15.4 Å². The number of amides is 2. The third-order valence-electron chi connectivity index (χ3n) is 2.68. The second kappa shape index (κ2) is 7.02. The van der Waals surface area contributed by atoms with Crippen LogP contribution in [0.5, 0.6) is 5.75 Å². The lowest BCUT2D eigenvalue weighted by Gasteiger charge is -2.17. The monoisotopic (exact) mass is 290 g/mol. The van der Waals surface area contributed by atoms with Crippen LogP contribution in [0, 0.1) is 0 Å². The van der Waals surface area contributed by atoms with Gasteiger partial charge in [-0.2, -0.15) is 0 Å². The molecule has 1 aromatic carbocycles. The molecule has 0 saturated heterocycles. The Morgan fingerprint density at radius 1 is 1.25 bits per heavy atom. The van der Waals surface area contributed by atoms with Gasteiger partial charge in [0.15, 0.2) is 5.75 Å². The van der Waals surface area contributed by atoms with Crippen LogP contribution in [-0.4, -0.2) is 18.4 Å². The van der Waals surface area contributed by atoms with Crippen LogP contribution in [0.25, 0.3) is 0 Å². The van der Waals surface area contributed by atoms with E-state index in [-0.39, 0.29) is 11.7 Å². The second-order valence-corrected chi connectivity index (χ2v) is 4.16. The molecule has 112 valence electrons. The van der Waals surface area contributed by atoms with Gasteiger partial charge in [-0.05, 0) is 25.0 Å². The fourth-order valence-electron chi connectivity index (χ4n) is 1.62. The Morgan fingerprint density at radius 2 is 1.85 bits per heavy atom. The number of hydrogen-bond donors (Lipinski definition) is 2. The van der Waals surface area contributed by atoms with Gasteiger partial charge in [0, 0.05) is 6.04 Å². The Bertz CT molecular complexity index is 445. The van der Waals surface area contributed by atoms with E-state index in [2.05, 4.69) is 15.4 Å². The number of anilines is 1. The average Bonchev–Trinajstić information content (AvgIpc) is 2.36. The first-order valence-electron chi connectivity index (χ1n) is 6.28. The summed E-state index contributed by atoms with van der Waals surface area (Å²) in [6, 6.07) is 4.80. The van der Waals surface area contributed by atoms with Crippen LogP contribution in [0.2, 0.25) is 0 Å². The van der Waals surface area contributed by atoms with Crippen molar-refractivity contribution in [3.8, 4) is 5.75 Å². The van der Waals surface area contributed by atoms with Crippen LogP contribution in [-0.2, 0) is 0 Å². The molecule has 20 heavy (non-hydrogen) atoms. The summed E-state index contributed by atoms with van der Waals surface area (Å²) in [6.45, 7) is 3.82. The van der Waals surface area contributed by atoms with Crippen LogP contribution in [0.3, 0.4) is 0 Å². The minimum Gasteiger partial charge on any atom is -0.404 e. The predicted molar refractivity (Wildman–Crippen MR) is 69.6 cm³/mol. The van der Waals surface area contributed by atoms with Gasteiger partial charge >= 0.3 is 12.4 Å². The fraction of sp³-hybridized carbons (Fsp3) is 0.462. The highest BCUT2D eigenvalue weighted by atomic mass is 19.4. The molecule has 0 aliphatic carbocycles. The zero-order valence-electron chi connectivity index (χ0n) is 11.3. The SMILES string of the molecule is CCC(CC)NC(=O)Nc1ccccc1OC(F)(F)F. The summed E-state index contributed by atoms with van der Waals surface area (Å²) in [5, 5.41) is 5.03. The summed E-state index contributed by atoms with van der Waals surface area (Å²) in [4.78, 5) is 11.7. The van der Waals surface area contributed by atoms with E-state index in [1.54, 1.807) is 0 Å². The van der Waals surface area contributed by atoms with Crippen molar-refractivity contribution in [2.75, 3.05) is 5.32 Å². The lowest BCUT2D eigenvalue weighted by atomic mass is 10.2. The van der Waals surface area contributed by atoms with E-state index in [0.29, 0.717) is 0 Å². The molecule has 0 aliphatic rings. The first kappa shape index (κ1) is 16.1. The number of carbonyl (C=O) groups is 1. The number of nitrogens with one attached hydrogen (secondary N) is 2. The maximum atomic E-state index is 12.2. The van der Waals surface area contributed by atoms with E-state index in [4.69, 9.17) is 0 Å². The predicted octanol–water partition coefficient (Wildman–Crippen LogP) is 3.90. The van der Waals surface area contributed by atoms with Crippen molar-refractivity contribution >= 4 is 11.7 Å². The van der Waals surface area contributed by atoms with Crippen molar-refractivity contribution in [2.24, 2.45) is 0 Å². The van der Waals surface area contributed by atoms with E-state index >= 15 is 0 Å². The average molecular weight is 290 g/mol. The number of carbonyl (C=O) groups excluding carboxylic acids is 1. The van der Waals surface area contributed by atoms with E-state index in [0.717, 1.165) is 18.9 Å². The van der Waals surface area contributed by atoms with Crippen LogP contribution < -0.4 is 15.4 Å². The Balaban J connectivity index is 2.74. The second-order valence-electron chi connectivity index (χ2n) is 4.16. The quantitative estimate of drug-likeness (QED) is 0.864. The fourth-order valence-corrected chi connectivity index (χ4v) is 1.62. The maximum Gasteiger partial charge on any atom is 0.573 e. The molecule has 0 saturated carbocycles. The van der Waals surface area contributed by atoms with Gasteiger partial charge in [0.25, 0.3) is 0 Å². The van der Waals surface area contributed by atoms with Gasteiger partial charge in [0.2, 0.25) is 0 Å². The number of urea groups is 1. The lowest BCUT2D eigenvalue weighted by Crippen LogP contribution is -2.37. The van der Waals surface area contributed by atoms with Gasteiger partial charge in [-0.25, -0.2) is 4.79 Å². The summed E-state index contributed by atoms with van der Waals surface area (Å²) in [5.74, 6) is -0.445. The van der Waals surface area contributed by atoms with Crippen molar-refractivity contribution < 1.29 is 22.7 Å². The third-order valence-corrected chi connectivity index (χ3v) is 2.68. The number of rotatable bonds is 5. The molecule has 0 aliphatic heterocycles. The Kier molecular flexibility index (Phi) is 5.66. The minimum absolute atomic E-state index is 0.0225. The largest absolute Gasteiger partial charge is 0.573 e. The standard InChI is InChI=1S/C13H17F3N2O2/c1-3-9(4-2)17-12(19)18-10-7-5-6-8-11(10)20-13(14,15)16/h5-9H,3-4H2,1-2H3,(H2,17,18,19). The Hall–Kier alpha value is -1.92. The zero-order chi connectivity index (χ0) is 15.2. The van der Waals surface area contributed by atoms with Gasteiger partial charge in [-0.3, -0.25) is 0 Å². The first-order chi connectivity index (χ1) is 9.35. The number of ether oxygens (including phenoxy) is 1. The highest BCUT2D eigenvalue weighted by Crippen LogP contribution is 2.29.